The van der Waals surface area contributed by atoms with Gasteiger partial charge >= 0.3 is 5.97 Å². The van der Waals surface area contributed by atoms with Crippen LogP contribution in [0.2, 0.25) is 0 Å². The van der Waals surface area contributed by atoms with Gasteiger partial charge in [0.05, 0.1) is 6.61 Å². The van der Waals surface area contributed by atoms with Crippen LogP contribution >= 0.6 is 0 Å². The molecule has 3 N–H and O–H groups in total. The maximum atomic E-state index is 10.6. The van der Waals surface area contributed by atoms with Crippen molar-refractivity contribution >= 4 is 5.97 Å². The van der Waals surface area contributed by atoms with Gasteiger partial charge in [-0.3, -0.25) is 9.69 Å². The van der Waals surface area contributed by atoms with E-state index in [0.29, 0.717) is 0 Å². The topological polar surface area (TPSA) is 81.0 Å². The highest BCUT2D eigenvalue weighted by Gasteiger charge is 2.43. The van der Waals surface area contributed by atoms with Crippen LogP contribution in [0, 0.1) is 0 Å². The van der Waals surface area contributed by atoms with E-state index in [1.54, 1.807) is 7.05 Å². The summed E-state index contributed by atoms with van der Waals surface area (Å²) in [4.78, 5) is 12.1. The van der Waals surface area contributed by atoms with Gasteiger partial charge < -0.3 is 15.3 Å². The van der Waals surface area contributed by atoms with E-state index in [1.807, 2.05) is 0 Å². The third kappa shape index (κ3) is 1.57. The number of likely N-dealkylation sites (tertiary alicyclic amines) is 1. The molecule has 1 aliphatic heterocycles. The fourth-order valence-electron chi connectivity index (χ4n) is 1.55. The minimum Gasteiger partial charge on any atom is -0.480 e. The zero-order valence-corrected chi connectivity index (χ0v) is 6.90. The Hall–Kier alpha value is -0.650. The number of nitrogens with zero attached hydrogens (tertiary/aromatic N) is 1. The van der Waals surface area contributed by atoms with E-state index >= 15 is 0 Å². The average Bonchev–Trinajstić information content (AvgIpc) is 2.28. The van der Waals surface area contributed by atoms with Crippen LogP contribution in [-0.4, -0.2) is 58.0 Å². The lowest BCUT2D eigenvalue weighted by molar-refractivity contribution is -0.141. The molecule has 5 nitrogen and oxygen atoms in total. The molecule has 0 spiro atoms. The molecule has 0 saturated carbocycles. The molecule has 0 aromatic heterocycles. The monoisotopic (exact) mass is 175 g/mol. The Labute approximate surface area is 70.2 Å². The summed E-state index contributed by atoms with van der Waals surface area (Å²) in [5.74, 6) is -0.957. The molecule has 0 aromatic carbocycles. The van der Waals surface area contributed by atoms with E-state index < -0.39 is 17.6 Å². The lowest BCUT2D eigenvalue weighted by Crippen LogP contribution is -2.35. The summed E-state index contributed by atoms with van der Waals surface area (Å²) in [7, 11) is 1.62. The van der Waals surface area contributed by atoms with Gasteiger partial charge in [-0.05, 0) is 7.05 Å². The number of rotatable bonds is 2. The first kappa shape index (κ1) is 9.44. The van der Waals surface area contributed by atoms with Gasteiger partial charge in [0.2, 0.25) is 0 Å². The molecule has 0 aromatic rings. The van der Waals surface area contributed by atoms with Crippen molar-refractivity contribution in [3.05, 3.63) is 0 Å². The molecule has 2 unspecified atom stereocenters. The Morgan fingerprint density at radius 2 is 2.33 bits per heavy atom. The number of hydrogen-bond donors (Lipinski definition) is 3. The quantitative estimate of drug-likeness (QED) is 0.476. The molecular weight excluding hydrogens is 162 g/mol. The van der Waals surface area contributed by atoms with Gasteiger partial charge in [0, 0.05) is 13.0 Å². The summed E-state index contributed by atoms with van der Waals surface area (Å²) in [5.41, 5.74) is -1.24. The zero-order valence-electron chi connectivity index (χ0n) is 6.90. The Morgan fingerprint density at radius 3 is 2.58 bits per heavy atom. The van der Waals surface area contributed by atoms with Crippen molar-refractivity contribution in [2.45, 2.75) is 18.1 Å². The van der Waals surface area contributed by atoms with Gasteiger partial charge in [-0.2, -0.15) is 0 Å². The molecule has 1 fully saturated rings. The third-order valence-electron chi connectivity index (χ3n) is 2.23. The van der Waals surface area contributed by atoms with Crippen LogP contribution in [-0.2, 0) is 4.79 Å². The molecule has 0 amide bonds. The van der Waals surface area contributed by atoms with Crippen molar-refractivity contribution in [2.24, 2.45) is 0 Å². The van der Waals surface area contributed by atoms with E-state index in [-0.39, 0.29) is 19.6 Å². The lowest BCUT2D eigenvalue weighted by Gasteiger charge is -2.17. The first-order valence-electron chi connectivity index (χ1n) is 3.75. The Bertz CT molecular complexity index is 196. The molecular formula is C7H13NO4. The standard InChI is InChI=1S/C7H13NO4/c1-8-3-7(12,4-9)2-5(8)6(10)11/h5,9,12H,2-4H2,1H3,(H,10,11). The number of aliphatic hydroxyl groups excluding tert-OH is 1. The number of likely N-dealkylation sites (N-methyl/N-ethyl adjacent to an activating group) is 1. The molecule has 5 heteroatoms. The highest BCUT2D eigenvalue weighted by Crippen LogP contribution is 2.25. The average molecular weight is 175 g/mol. The molecule has 12 heavy (non-hydrogen) atoms. The van der Waals surface area contributed by atoms with Crippen molar-refractivity contribution < 1.29 is 20.1 Å². The molecule has 1 saturated heterocycles. The summed E-state index contributed by atoms with van der Waals surface area (Å²) < 4.78 is 0. The largest absolute Gasteiger partial charge is 0.480 e. The molecule has 70 valence electrons. The number of aliphatic hydroxyl groups is 2. The highest BCUT2D eigenvalue weighted by atomic mass is 16.4. The van der Waals surface area contributed by atoms with Crippen LogP contribution < -0.4 is 0 Å². The summed E-state index contributed by atoms with van der Waals surface area (Å²) in [5, 5.41) is 27.0. The molecule has 1 rings (SSSR count). The van der Waals surface area contributed by atoms with E-state index in [2.05, 4.69) is 0 Å². The Balaban J connectivity index is 2.68. The van der Waals surface area contributed by atoms with Crippen LogP contribution in [0.1, 0.15) is 6.42 Å². The molecule has 0 bridgehead atoms. The van der Waals surface area contributed by atoms with Crippen LogP contribution in [0.25, 0.3) is 0 Å². The first-order valence-corrected chi connectivity index (χ1v) is 3.75. The van der Waals surface area contributed by atoms with Gasteiger partial charge in [-0.25, -0.2) is 0 Å². The molecule has 1 heterocycles. The van der Waals surface area contributed by atoms with Crippen LogP contribution in [0.3, 0.4) is 0 Å². The molecule has 0 radical (unpaired) electrons. The number of hydrogen-bond acceptors (Lipinski definition) is 4. The van der Waals surface area contributed by atoms with Crippen molar-refractivity contribution in [2.75, 3.05) is 20.2 Å². The van der Waals surface area contributed by atoms with E-state index in [1.165, 1.54) is 4.90 Å². The second-order valence-electron chi connectivity index (χ2n) is 3.36. The Morgan fingerprint density at radius 1 is 1.75 bits per heavy atom. The van der Waals surface area contributed by atoms with Crippen molar-refractivity contribution in [3.8, 4) is 0 Å². The summed E-state index contributed by atoms with van der Waals surface area (Å²) in [6.45, 7) is -0.179. The fourth-order valence-corrected chi connectivity index (χ4v) is 1.55. The van der Waals surface area contributed by atoms with Crippen molar-refractivity contribution in [3.63, 3.8) is 0 Å². The minimum atomic E-state index is -1.24. The summed E-state index contributed by atoms with van der Waals surface area (Å²) >= 11 is 0. The van der Waals surface area contributed by atoms with E-state index in [4.69, 9.17) is 10.2 Å². The van der Waals surface area contributed by atoms with Crippen LogP contribution in [0.15, 0.2) is 0 Å². The van der Waals surface area contributed by atoms with Gasteiger partial charge in [0.25, 0.3) is 0 Å². The predicted molar refractivity (Wildman–Crippen MR) is 40.7 cm³/mol. The van der Waals surface area contributed by atoms with E-state index in [9.17, 15) is 9.90 Å². The third-order valence-corrected chi connectivity index (χ3v) is 2.23. The second-order valence-corrected chi connectivity index (χ2v) is 3.36. The normalized spacial score (nSPS) is 37.1. The Kier molecular flexibility index (Phi) is 2.36. The number of aliphatic carboxylic acids is 1. The minimum absolute atomic E-state index is 0.0926. The van der Waals surface area contributed by atoms with Crippen molar-refractivity contribution in [1.29, 1.82) is 0 Å². The SMILES string of the molecule is CN1CC(O)(CO)CC1C(=O)O. The maximum absolute atomic E-state index is 10.6. The van der Waals surface area contributed by atoms with Gasteiger partial charge in [0.15, 0.2) is 0 Å². The molecule has 1 aliphatic rings. The first-order chi connectivity index (χ1) is 5.48. The maximum Gasteiger partial charge on any atom is 0.321 e. The number of carbonyl (C=O) groups is 1. The highest BCUT2D eigenvalue weighted by molar-refractivity contribution is 5.74. The zero-order chi connectivity index (χ0) is 9.35. The van der Waals surface area contributed by atoms with E-state index in [0.717, 1.165) is 0 Å². The molecule has 0 aliphatic carbocycles. The van der Waals surface area contributed by atoms with Gasteiger partial charge in [-0.1, -0.05) is 0 Å². The summed E-state index contributed by atoms with van der Waals surface area (Å²) in [6.07, 6.45) is 0.0926. The van der Waals surface area contributed by atoms with Crippen LogP contribution in [0.4, 0.5) is 0 Å². The predicted octanol–water partition coefficient (Wildman–Crippen LogP) is -1.50. The summed E-state index contributed by atoms with van der Waals surface area (Å²) in [6, 6.07) is -0.679. The fraction of sp³-hybridized carbons (Fsp3) is 0.857. The van der Waals surface area contributed by atoms with Gasteiger partial charge in [-0.15, -0.1) is 0 Å². The number of carboxylic acids is 1. The second kappa shape index (κ2) is 3.01. The molecule has 2 atom stereocenters. The van der Waals surface area contributed by atoms with Crippen LogP contribution in [0.5, 0.6) is 0 Å². The lowest BCUT2D eigenvalue weighted by atomic mass is 10.0. The van der Waals surface area contributed by atoms with Crippen molar-refractivity contribution in [1.82, 2.24) is 4.90 Å². The smallest absolute Gasteiger partial charge is 0.321 e. The number of β-amino-alcohol motifs (C(OH)–C–C–N with tert-alkyl or cyclic N) is 1. The van der Waals surface area contributed by atoms with Gasteiger partial charge in [0.1, 0.15) is 11.6 Å². The number of carboxylic acid groups (broad SMARTS) is 1.